The molecule has 1 atom stereocenters. The van der Waals surface area contributed by atoms with Crippen LogP contribution >= 0.6 is 0 Å². The molecule has 4 nitrogen and oxygen atoms in total. The summed E-state index contributed by atoms with van der Waals surface area (Å²) in [6, 6.07) is 3.95. The predicted octanol–water partition coefficient (Wildman–Crippen LogP) is 1.35. The average Bonchev–Trinajstić information content (AvgIpc) is 2.73. The number of aliphatic hydroxyl groups excluding tert-OH is 1. The van der Waals surface area contributed by atoms with Crippen molar-refractivity contribution in [3.63, 3.8) is 0 Å². The molecule has 0 spiro atoms. The summed E-state index contributed by atoms with van der Waals surface area (Å²) in [6.07, 6.45) is 9.29. The highest BCUT2D eigenvalue weighted by molar-refractivity contribution is 5.09. The first-order chi connectivity index (χ1) is 8.24. The Hall–Kier alpha value is -1.68. The number of nitrogens with zero attached hydrogens (tertiary/aromatic N) is 3. The summed E-state index contributed by atoms with van der Waals surface area (Å²) in [5.74, 6) is 0. The van der Waals surface area contributed by atoms with Gasteiger partial charge >= 0.3 is 0 Å². The summed E-state index contributed by atoms with van der Waals surface area (Å²) in [5, 5.41) is 14.0. The van der Waals surface area contributed by atoms with Crippen molar-refractivity contribution in [3.05, 3.63) is 48.0 Å². The number of hydrogen-bond donors (Lipinski definition) is 1. The van der Waals surface area contributed by atoms with Crippen molar-refractivity contribution in [1.82, 2.24) is 14.8 Å². The van der Waals surface area contributed by atoms with Crippen molar-refractivity contribution in [2.45, 2.75) is 25.4 Å². The number of aromatic nitrogens is 3. The van der Waals surface area contributed by atoms with Crippen LogP contribution in [-0.2, 0) is 19.9 Å². The molecular weight excluding hydrogens is 214 g/mol. The quantitative estimate of drug-likeness (QED) is 0.845. The molecule has 2 rings (SSSR count). The Morgan fingerprint density at radius 3 is 2.88 bits per heavy atom. The lowest BCUT2D eigenvalue weighted by Gasteiger charge is -2.08. The normalized spacial score (nSPS) is 12.6. The first-order valence-corrected chi connectivity index (χ1v) is 5.78. The third-order valence-corrected chi connectivity index (χ3v) is 2.72. The van der Waals surface area contributed by atoms with E-state index in [-0.39, 0.29) is 6.10 Å². The summed E-state index contributed by atoms with van der Waals surface area (Å²) in [6.45, 7) is 0. The Labute approximate surface area is 101 Å². The maximum absolute atomic E-state index is 9.92. The van der Waals surface area contributed by atoms with Gasteiger partial charge in [-0.25, -0.2) is 0 Å². The Balaban J connectivity index is 1.80. The van der Waals surface area contributed by atoms with Gasteiger partial charge in [0, 0.05) is 32.1 Å². The minimum Gasteiger partial charge on any atom is -0.393 e. The van der Waals surface area contributed by atoms with E-state index < -0.39 is 0 Å². The van der Waals surface area contributed by atoms with Crippen LogP contribution in [0.1, 0.15) is 17.5 Å². The highest BCUT2D eigenvalue weighted by Crippen LogP contribution is 2.08. The lowest BCUT2D eigenvalue weighted by atomic mass is 10.0. The van der Waals surface area contributed by atoms with Gasteiger partial charge in [0.2, 0.25) is 0 Å². The molecule has 0 radical (unpaired) electrons. The van der Waals surface area contributed by atoms with Gasteiger partial charge in [-0.1, -0.05) is 6.07 Å². The van der Waals surface area contributed by atoms with E-state index in [0.717, 1.165) is 24.0 Å². The molecule has 0 bridgehead atoms. The van der Waals surface area contributed by atoms with Crippen LogP contribution in [0.2, 0.25) is 0 Å². The molecule has 2 heterocycles. The van der Waals surface area contributed by atoms with Crippen LogP contribution in [0.15, 0.2) is 36.9 Å². The van der Waals surface area contributed by atoms with E-state index in [1.54, 1.807) is 17.1 Å². The highest BCUT2D eigenvalue weighted by Gasteiger charge is 2.07. The largest absolute Gasteiger partial charge is 0.393 e. The van der Waals surface area contributed by atoms with E-state index in [1.165, 1.54) is 0 Å². The van der Waals surface area contributed by atoms with Gasteiger partial charge in [-0.3, -0.25) is 9.67 Å². The fourth-order valence-corrected chi connectivity index (χ4v) is 1.83. The number of rotatable bonds is 5. The van der Waals surface area contributed by atoms with Gasteiger partial charge in [-0.05, 0) is 30.0 Å². The Kier molecular flexibility index (Phi) is 3.88. The van der Waals surface area contributed by atoms with Crippen molar-refractivity contribution in [2.75, 3.05) is 0 Å². The summed E-state index contributed by atoms with van der Waals surface area (Å²) in [4.78, 5) is 4.05. The van der Waals surface area contributed by atoms with Crippen LogP contribution in [0, 0.1) is 0 Å². The van der Waals surface area contributed by atoms with Crippen molar-refractivity contribution >= 4 is 0 Å². The van der Waals surface area contributed by atoms with Crippen LogP contribution in [0.25, 0.3) is 0 Å². The Morgan fingerprint density at radius 1 is 1.35 bits per heavy atom. The molecule has 2 aromatic heterocycles. The van der Waals surface area contributed by atoms with Crippen molar-refractivity contribution in [3.8, 4) is 0 Å². The van der Waals surface area contributed by atoms with Crippen LogP contribution in [0.4, 0.5) is 0 Å². The fraction of sp³-hybridized carbons (Fsp3) is 0.385. The van der Waals surface area contributed by atoms with Gasteiger partial charge in [-0.15, -0.1) is 0 Å². The van der Waals surface area contributed by atoms with Crippen LogP contribution in [0.3, 0.4) is 0 Å². The molecule has 90 valence electrons. The molecule has 0 aromatic carbocycles. The Bertz CT molecular complexity index is 453. The molecule has 2 aromatic rings. The van der Waals surface area contributed by atoms with E-state index in [4.69, 9.17) is 0 Å². The Morgan fingerprint density at radius 2 is 2.24 bits per heavy atom. The summed E-state index contributed by atoms with van der Waals surface area (Å²) >= 11 is 0. The molecule has 0 aliphatic rings. The third-order valence-electron chi connectivity index (χ3n) is 2.72. The second-order valence-corrected chi connectivity index (χ2v) is 4.28. The van der Waals surface area contributed by atoms with E-state index in [1.807, 2.05) is 31.6 Å². The maximum Gasteiger partial charge on any atom is 0.0584 e. The zero-order valence-corrected chi connectivity index (χ0v) is 9.95. The number of aryl methyl sites for hydroxylation is 2. The fourth-order valence-electron chi connectivity index (χ4n) is 1.83. The average molecular weight is 231 g/mol. The first kappa shape index (κ1) is 11.8. The van der Waals surface area contributed by atoms with Crippen LogP contribution in [-0.4, -0.2) is 26.0 Å². The molecule has 0 aliphatic carbocycles. The second-order valence-electron chi connectivity index (χ2n) is 4.28. The van der Waals surface area contributed by atoms with E-state index in [0.29, 0.717) is 6.42 Å². The van der Waals surface area contributed by atoms with Gasteiger partial charge in [0.25, 0.3) is 0 Å². The zero-order valence-electron chi connectivity index (χ0n) is 9.95. The van der Waals surface area contributed by atoms with E-state index >= 15 is 0 Å². The van der Waals surface area contributed by atoms with Gasteiger partial charge in [0.15, 0.2) is 0 Å². The van der Waals surface area contributed by atoms with Crippen LogP contribution < -0.4 is 0 Å². The molecule has 1 N–H and O–H groups in total. The minimum absolute atomic E-state index is 0.320. The molecule has 17 heavy (non-hydrogen) atoms. The number of hydrogen-bond acceptors (Lipinski definition) is 3. The van der Waals surface area contributed by atoms with Crippen molar-refractivity contribution < 1.29 is 5.11 Å². The predicted molar refractivity (Wildman–Crippen MR) is 65.5 cm³/mol. The lowest BCUT2D eigenvalue weighted by Crippen LogP contribution is -2.11. The van der Waals surface area contributed by atoms with Gasteiger partial charge in [0.05, 0.1) is 12.3 Å². The lowest BCUT2D eigenvalue weighted by molar-refractivity contribution is 0.165. The van der Waals surface area contributed by atoms with E-state index in [9.17, 15) is 5.11 Å². The SMILES string of the molecule is Cn1cc(CC(O)CCc2cccnc2)cn1. The molecule has 0 aliphatic heterocycles. The van der Waals surface area contributed by atoms with Gasteiger partial charge < -0.3 is 5.11 Å². The summed E-state index contributed by atoms with van der Waals surface area (Å²) in [7, 11) is 1.88. The topological polar surface area (TPSA) is 50.9 Å². The maximum atomic E-state index is 9.92. The monoisotopic (exact) mass is 231 g/mol. The first-order valence-electron chi connectivity index (χ1n) is 5.78. The van der Waals surface area contributed by atoms with E-state index in [2.05, 4.69) is 10.1 Å². The molecule has 1 unspecified atom stereocenters. The second kappa shape index (κ2) is 5.59. The molecular formula is C13H17N3O. The smallest absolute Gasteiger partial charge is 0.0584 e. The third kappa shape index (κ3) is 3.67. The van der Waals surface area contributed by atoms with Crippen LogP contribution in [0.5, 0.6) is 0 Å². The van der Waals surface area contributed by atoms with Gasteiger partial charge in [-0.2, -0.15) is 5.10 Å². The molecule has 0 amide bonds. The molecule has 0 saturated carbocycles. The van der Waals surface area contributed by atoms with Crippen molar-refractivity contribution in [1.29, 1.82) is 0 Å². The zero-order chi connectivity index (χ0) is 12.1. The summed E-state index contributed by atoms with van der Waals surface area (Å²) in [5.41, 5.74) is 2.24. The molecule has 0 saturated heterocycles. The number of aliphatic hydroxyl groups is 1. The molecule has 0 fully saturated rings. The molecule has 4 heteroatoms. The standard InChI is InChI=1S/C13H17N3O/c1-16-10-12(9-15-16)7-13(17)5-4-11-3-2-6-14-8-11/h2-3,6,8-10,13,17H,4-5,7H2,1H3. The minimum atomic E-state index is -0.320. The highest BCUT2D eigenvalue weighted by atomic mass is 16.3. The number of pyridine rings is 1. The van der Waals surface area contributed by atoms with Crippen molar-refractivity contribution in [2.24, 2.45) is 7.05 Å². The van der Waals surface area contributed by atoms with Gasteiger partial charge in [0.1, 0.15) is 0 Å². The summed E-state index contributed by atoms with van der Waals surface area (Å²) < 4.78 is 1.75.